The Morgan fingerprint density at radius 3 is 2.70 bits per heavy atom. The molecule has 1 fully saturated rings. The second-order valence-electron chi connectivity index (χ2n) is 5.56. The van der Waals surface area contributed by atoms with Crippen LogP contribution in [0.15, 0.2) is 29.2 Å². The smallest absolute Gasteiger partial charge is 0.317 e. The molecule has 1 aromatic carbocycles. The number of urea groups is 1. The summed E-state index contributed by atoms with van der Waals surface area (Å²) in [6, 6.07) is 7.25. The van der Waals surface area contributed by atoms with Crippen molar-refractivity contribution in [1.29, 1.82) is 0 Å². The van der Waals surface area contributed by atoms with Crippen LogP contribution in [-0.4, -0.2) is 56.2 Å². The molecule has 1 atom stereocenters. The molecule has 8 heteroatoms. The summed E-state index contributed by atoms with van der Waals surface area (Å²) in [4.78, 5) is 14.7. The Labute approximate surface area is 146 Å². The van der Waals surface area contributed by atoms with Crippen molar-refractivity contribution >= 4 is 39.2 Å². The monoisotopic (exact) mass is 376 g/mol. The SMILES string of the molecule is CN(C(=O)NCCCSc1ccc(Cl)cc1)C1CCS(=O)(=O)C1. The van der Waals surface area contributed by atoms with E-state index < -0.39 is 9.84 Å². The molecule has 1 aliphatic heterocycles. The maximum atomic E-state index is 12.0. The quantitative estimate of drug-likeness (QED) is 0.612. The van der Waals surface area contributed by atoms with Crippen LogP contribution >= 0.6 is 23.4 Å². The van der Waals surface area contributed by atoms with Crippen LogP contribution in [0.4, 0.5) is 4.79 Å². The van der Waals surface area contributed by atoms with Crippen LogP contribution in [0.3, 0.4) is 0 Å². The van der Waals surface area contributed by atoms with E-state index in [1.807, 2.05) is 24.3 Å². The number of halogens is 1. The molecule has 23 heavy (non-hydrogen) atoms. The van der Waals surface area contributed by atoms with Crippen molar-refractivity contribution in [3.63, 3.8) is 0 Å². The summed E-state index contributed by atoms with van der Waals surface area (Å²) in [5.74, 6) is 1.14. The Kier molecular flexibility index (Phi) is 6.61. The summed E-state index contributed by atoms with van der Waals surface area (Å²) in [7, 11) is -1.32. The minimum absolute atomic E-state index is 0.0728. The van der Waals surface area contributed by atoms with Crippen molar-refractivity contribution in [3.8, 4) is 0 Å². The van der Waals surface area contributed by atoms with Crippen molar-refractivity contribution in [2.75, 3.05) is 30.9 Å². The Bertz CT molecular complexity index is 635. The fraction of sp³-hybridized carbons (Fsp3) is 0.533. The minimum Gasteiger partial charge on any atom is -0.338 e. The first-order valence-corrected chi connectivity index (χ1v) is 10.7. The molecule has 1 N–H and O–H groups in total. The normalized spacial score (nSPS) is 19.5. The Balaban J connectivity index is 1.64. The van der Waals surface area contributed by atoms with E-state index in [-0.39, 0.29) is 23.6 Å². The zero-order valence-corrected chi connectivity index (χ0v) is 15.4. The first-order valence-electron chi connectivity index (χ1n) is 7.47. The summed E-state index contributed by atoms with van der Waals surface area (Å²) >= 11 is 7.54. The van der Waals surface area contributed by atoms with Crippen LogP contribution in [0, 0.1) is 0 Å². The number of amides is 2. The first-order chi connectivity index (χ1) is 10.9. The molecule has 5 nitrogen and oxygen atoms in total. The Morgan fingerprint density at radius 1 is 1.39 bits per heavy atom. The molecule has 1 heterocycles. The highest BCUT2D eigenvalue weighted by molar-refractivity contribution is 7.99. The molecule has 0 radical (unpaired) electrons. The van der Waals surface area contributed by atoms with Gasteiger partial charge in [0, 0.05) is 29.6 Å². The zero-order valence-electron chi connectivity index (χ0n) is 13.0. The first kappa shape index (κ1) is 18.4. The number of hydrogen-bond donors (Lipinski definition) is 1. The lowest BCUT2D eigenvalue weighted by Gasteiger charge is -2.23. The summed E-state index contributed by atoms with van der Waals surface area (Å²) in [5, 5.41) is 3.56. The summed E-state index contributed by atoms with van der Waals surface area (Å²) in [6.45, 7) is 0.573. The maximum Gasteiger partial charge on any atom is 0.317 e. The topological polar surface area (TPSA) is 66.5 Å². The fourth-order valence-corrected chi connectivity index (χ4v) is 5.11. The highest BCUT2D eigenvalue weighted by Crippen LogP contribution is 2.20. The second-order valence-corrected chi connectivity index (χ2v) is 9.39. The number of sulfone groups is 1. The molecule has 0 aromatic heterocycles. The molecule has 2 rings (SSSR count). The van der Waals surface area contributed by atoms with Crippen molar-refractivity contribution in [2.45, 2.75) is 23.8 Å². The van der Waals surface area contributed by atoms with Gasteiger partial charge in [0.15, 0.2) is 9.84 Å². The van der Waals surface area contributed by atoms with Gasteiger partial charge in [-0.05, 0) is 42.9 Å². The highest BCUT2D eigenvalue weighted by Gasteiger charge is 2.32. The Morgan fingerprint density at radius 2 is 2.09 bits per heavy atom. The molecule has 0 aliphatic carbocycles. The number of nitrogens with one attached hydrogen (secondary N) is 1. The van der Waals surface area contributed by atoms with Gasteiger partial charge in [-0.25, -0.2) is 13.2 Å². The third-order valence-corrected chi connectivity index (χ3v) is 6.86. The van der Waals surface area contributed by atoms with E-state index in [4.69, 9.17) is 11.6 Å². The molecule has 1 aliphatic rings. The molecule has 1 unspecified atom stereocenters. The van der Waals surface area contributed by atoms with E-state index in [9.17, 15) is 13.2 Å². The van der Waals surface area contributed by atoms with Gasteiger partial charge < -0.3 is 10.2 Å². The molecule has 2 amide bonds. The van der Waals surface area contributed by atoms with Crippen molar-refractivity contribution < 1.29 is 13.2 Å². The third-order valence-electron chi connectivity index (χ3n) is 3.76. The second kappa shape index (κ2) is 8.26. The molecule has 0 bridgehead atoms. The highest BCUT2D eigenvalue weighted by atomic mass is 35.5. The third kappa shape index (κ3) is 5.90. The van der Waals surface area contributed by atoms with Gasteiger partial charge >= 0.3 is 6.03 Å². The zero-order chi connectivity index (χ0) is 16.9. The number of rotatable bonds is 6. The van der Waals surface area contributed by atoms with E-state index in [2.05, 4.69) is 5.32 Å². The number of nitrogens with zero attached hydrogens (tertiary/aromatic N) is 1. The van der Waals surface area contributed by atoms with E-state index in [1.54, 1.807) is 18.8 Å². The van der Waals surface area contributed by atoms with E-state index >= 15 is 0 Å². The summed E-state index contributed by atoms with van der Waals surface area (Å²) in [6.07, 6.45) is 1.37. The van der Waals surface area contributed by atoms with Gasteiger partial charge in [-0.2, -0.15) is 0 Å². The molecular weight excluding hydrogens is 356 g/mol. The average Bonchev–Trinajstić information content (AvgIpc) is 2.88. The van der Waals surface area contributed by atoms with Crippen molar-refractivity contribution in [3.05, 3.63) is 29.3 Å². The van der Waals surface area contributed by atoms with Crippen LogP contribution < -0.4 is 5.32 Å². The summed E-state index contributed by atoms with van der Waals surface area (Å²) < 4.78 is 22.9. The van der Waals surface area contributed by atoms with E-state index in [1.165, 1.54) is 4.90 Å². The van der Waals surface area contributed by atoms with Crippen LogP contribution in [-0.2, 0) is 9.84 Å². The molecular formula is C15H21ClN2O3S2. The van der Waals surface area contributed by atoms with Crippen LogP contribution in [0.5, 0.6) is 0 Å². The number of hydrogen-bond acceptors (Lipinski definition) is 4. The van der Waals surface area contributed by atoms with Gasteiger partial charge in [-0.1, -0.05) is 11.6 Å². The van der Waals surface area contributed by atoms with E-state index in [0.29, 0.717) is 13.0 Å². The minimum atomic E-state index is -2.97. The van der Waals surface area contributed by atoms with Gasteiger partial charge in [0.05, 0.1) is 11.5 Å². The Hall–Kier alpha value is -0.920. The number of carbonyl (C=O) groups is 1. The largest absolute Gasteiger partial charge is 0.338 e. The number of benzene rings is 1. The number of thioether (sulfide) groups is 1. The molecule has 0 saturated carbocycles. The number of carbonyl (C=O) groups excluding carboxylic acids is 1. The van der Waals surface area contributed by atoms with Gasteiger partial charge in [0.25, 0.3) is 0 Å². The predicted molar refractivity (Wildman–Crippen MR) is 95.0 cm³/mol. The maximum absolute atomic E-state index is 12.0. The van der Waals surface area contributed by atoms with Gasteiger partial charge in [-0.15, -0.1) is 11.8 Å². The standard InChI is InChI=1S/C15H21ClN2O3S2/c1-18(13-7-10-23(20,21)11-13)15(19)17-8-2-9-22-14-5-3-12(16)4-6-14/h3-6,13H,2,7-11H2,1H3,(H,17,19). The van der Waals surface area contributed by atoms with Gasteiger partial charge in [-0.3, -0.25) is 0 Å². The molecule has 128 valence electrons. The lowest BCUT2D eigenvalue weighted by molar-refractivity contribution is 0.195. The molecule has 1 aromatic rings. The van der Waals surface area contributed by atoms with Gasteiger partial charge in [0.1, 0.15) is 0 Å². The lowest BCUT2D eigenvalue weighted by atomic mass is 10.2. The molecule has 0 spiro atoms. The average molecular weight is 377 g/mol. The van der Waals surface area contributed by atoms with Gasteiger partial charge in [0.2, 0.25) is 0 Å². The van der Waals surface area contributed by atoms with Crippen LogP contribution in [0.1, 0.15) is 12.8 Å². The van der Waals surface area contributed by atoms with Crippen LogP contribution in [0.25, 0.3) is 0 Å². The van der Waals surface area contributed by atoms with E-state index in [0.717, 1.165) is 22.1 Å². The van der Waals surface area contributed by atoms with Crippen LogP contribution in [0.2, 0.25) is 5.02 Å². The summed E-state index contributed by atoms with van der Waals surface area (Å²) in [5.41, 5.74) is 0. The predicted octanol–water partition coefficient (Wildman–Crippen LogP) is 2.65. The van der Waals surface area contributed by atoms with Crippen molar-refractivity contribution in [2.24, 2.45) is 0 Å². The fourth-order valence-electron chi connectivity index (χ4n) is 2.36. The lowest BCUT2D eigenvalue weighted by Crippen LogP contribution is -2.44. The van der Waals surface area contributed by atoms with Crippen molar-refractivity contribution in [1.82, 2.24) is 10.2 Å². The molecule has 1 saturated heterocycles.